The van der Waals surface area contributed by atoms with Gasteiger partial charge in [-0.25, -0.2) is 0 Å². The van der Waals surface area contributed by atoms with Gasteiger partial charge in [-0.1, -0.05) is 42.0 Å². The quantitative estimate of drug-likeness (QED) is 0.163. The van der Waals surface area contributed by atoms with Gasteiger partial charge in [0.05, 0.1) is 16.7 Å². The summed E-state index contributed by atoms with van der Waals surface area (Å²) in [6.07, 6.45) is -4.06. The molecule has 1 amide bonds. The lowest BCUT2D eigenvalue weighted by Gasteiger charge is -2.32. The van der Waals surface area contributed by atoms with Gasteiger partial charge in [0, 0.05) is 7.11 Å². The summed E-state index contributed by atoms with van der Waals surface area (Å²) < 4.78 is 96.2. The van der Waals surface area contributed by atoms with E-state index < -0.39 is 46.3 Å². The normalized spacial score (nSPS) is 18.6. The number of benzene rings is 3. The Morgan fingerprint density at radius 3 is 2.34 bits per heavy atom. The van der Waals surface area contributed by atoms with Gasteiger partial charge in [-0.15, -0.1) is 0 Å². The molecule has 3 aromatic rings. The van der Waals surface area contributed by atoms with Gasteiger partial charge < -0.3 is 19.0 Å². The first-order valence-corrected chi connectivity index (χ1v) is 12.1. The summed E-state index contributed by atoms with van der Waals surface area (Å²) in [7, 11) is 1.33. The summed E-state index contributed by atoms with van der Waals surface area (Å²) in [5.41, 5.74) is -0.342. The molecule has 0 aromatic heterocycles. The lowest BCUT2D eigenvalue weighted by atomic mass is 10.1. The van der Waals surface area contributed by atoms with Crippen LogP contribution in [-0.2, 0) is 17.1 Å². The fraction of sp³-hybridized carbons (Fsp3) is 0.179. The zero-order chi connectivity index (χ0) is 29.8. The van der Waals surface area contributed by atoms with Gasteiger partial charge in [0.2, 0.25) is 5.06 Å². The number of alkyl halides is 7. The number of carbonyl (C=O) groups excluding carboxylic acids is 1. The number of allylic oxidation sites excluding steroid dienone is 2. The first kappa shape index (κ1) is 29.8. The van der Waals surface area contributed by atoms with E-state index in [0.29, 0.717) is 6.07 Å². The van der Waals surface area contributed by atoms with Crippen LogP contribution in [0.4, 0.5) is 26.3 Å². The summed E-state index contributed by atoms with van der Waals surface area (Å²) in [5, 5.41) is -1.46. The minimum absolute atomic E-state index is 0.112. The van der Waals surface area contributed by atoms with Crippen molar-refractivity contribution in [2.75, 3.05) is 7.11 Å². The van der Waals surface area contributed by atoms with E-state index >= 15 is 0 Å². The number of amides is 1. The van der Waals surface area contributed by atoms with Crippen molar-refractivity contribution in [2.45, 2.75) is 23.5 Å². The number of hydrogen-bond donors (Lipinski definition) is 1. The van der Waals surface area contributed by atoms with E-state index in [0.717, 1.165) is 30.3 Å². The van der Waals surface area contributed by atoms with E-state index in [1.807, 2.05) is 5.48 Å². The zero-order valence-corrected chi connectivity index (χ0v) is 21.7. The highest BCUT2D eigenvalue weighted by Gasteiger charge is 2.37. The highest BCUT2D eigenvalue weighted by atomic mass is 35.5. The van der Waals surface area contributed by atoms with Crippen molar-refractivity contribution in [3.63, 3.8) is 0 Å². The number of rotatable bonds is 8. The summed E-state index contributed by atoms with van der Waals surface area (Å²) in [5.74, 6) is -2.17. The molecule has 13 heteroatoms. The Balaban J connectivity index is 1.65. The summed E-state index contributed by atoms with van der Waals surface area (Å²) in [6.45, 7) is 0. The maximum absolute atomic E-state index is 13.5. The molecule has 0 radical (unpaired) electrons. The number of methoxy groups -OCH3 is 1. The summed E-state index contributed by atoms with van der Waals surface area (Å²) >= 11 is 6.47. The predicted octanol–water partition coefficient (Wildman–Crippen LogP) is 7.70. The molecule has 2 unspecified atom stereocenters. The molecule has 0 saturated carbocycles. The Bertz CT molecular complexity index is 1470. The average Bonchev–Trinajstić information content (AvgIpc) is 2.93. The molecule has 0 saturated heterocycles. The van der Waals surface area contributed by atoms with Gasteiger partial charge >= 0.3 is 12.4 Å². The van der Waals surface area contributed by atoms with Crippen LogP contribution in [0.15, 0.2) is 91.0 Å². The molecule has 6 nitrogen and oxygen atoms in total. The molecule has 1 aliphatic carbocycles. The maximum Gasteiger partial charge on any atom is 0.419 e. The molecule has 0 aliphatic heterocycles. The lowest BCUT2D eigenvalue weighted by Crippen LogP contribution is -2.41. The van der Waals surface area contributed by atoms with Gasteiger partial charge in [-0.2, -0.15) is 31.8 Å². The van der Waals surface area contributed by atoms with E-state index in [1.54, 1.807) is 18.2 Å². The van der Waals surface area contributed by atoms with Crippen LogP contribution in [0.2, 0.25) is 0 Å². The molecule has 4 rings (SSSR count). The standard InChI is InChI=1S/C28H20ClF6NO5/c1-38-26(29)14-5-4-11-24(26)40-22-13-12-18(39-23-10-3-2-9-21(23)28(33,34)35)16-20(22)25(37)36-41-19-8-6-7-17(15-19)27(30,31)32/h2-16,24H,1H3,(H,36,37). The fourth-order valence-electron chi connectivity index (χ4n) is 3.68. The Morgan fingerprint density at radius 1 is 0.878 bits per heavy atom. The highest BCUT2D eigenvalue weighted by molar-refractivity contribution is 6.25. The monoisotopic (exact) mass is 599 g/mol. The van der Waals surface area contributed by atoms with Crippen LogP contribution in [0.1, 0.15) is 21.5 Å². The van der Waals surface area contributed by atoms with Gasteiger partial charge in [0.15, 0.2) is 11.9 Å². The van der Waals surface area contributed by atoms with Crippen molar-refractivity contribution in [1.82, 2.24) is 5.48 Å². The molecule has 0 heterocycles. The molecule has 1 aliphatic rings. The first-order valence-electron chi connectivity index (χ1n) is 11.7. The number of halogens is 7. The van der Waals surface area contributed by atoms with Gasteiger partial charge in [0.1, 0.15) is 17.2 Å². The number of hydroxylamine groups is 1. The molecular formula is C28H20ClF6NO5. The Morgan fingerprint density at radius 2 is 1.63 bits per heavy atom. The number of hydrogen-bond acceptors (Lipinski definition) is 5. The predicted molar refractivity (Wildman–Crippen MR) is 136 cm³/mol. The second-order valence-electron chi connectivity index (χ2n) is 8.50. The van der Waals surface area contributed by atoms with Crippen LogP contribution in [0.3, 0.4) is 0 Å². The molecule has 0 bridgehead atoms. The van der Waals surface area contributed by atoms with Crippen molar-refractivity contribution in [1.29, 1.82) is 0 Å². The van der Waals surface area contributed by atoms with Gasteiger partial charge in [-0.05, 0) is 60.7 Å². The SMILES string of the molecule is COC1(Cl)C=CC=CC1Oc1ccc(Oc2ccccc2C(F)(F)F)cc1C(=O)NOc1cccc(C(F)(F)F)c1. The van der Waals surface area contributed by atoms with Crippen LogP contribution in [0, 0.1) is 0 Å². The van der Waals surface area contributed by atoms with Gasteiger partial charge in [-0.3, -0.25) is 4.79 Å². The third-order valence-electron chi connectivity index (χ3n) is 5.71. The van der Waals surface area contributed by atoms with E-state index in [9.17, 15) is 31.1 Å². The van der Waals surface area contributed by atoms with Crippen LogP contribution >= 0.6 is 11.6 Å². The number of nitrogens with one attached hydrogen (secondary N) is 1. The molecule has 1 N–H and O–H groups in total. The van der Waals surface area contributed by atoms with Crippen molar-refractivity contribution in [2.24, 2.45) is 0 Å². The van der Waals surface area contributed by atoms with E-state index in [-0.39, 0.29) is 22.8 Å². The van der Waals surface area contributed by atoms with Gasteiger partial charge in [0.25, 0.3) is 5.91 Å². The minimum atomic E-state index is -4.72. The Hall–Kier alpha value is -4.16. The fourth-order valence-corrected chi connectivity index (χ4v) is 3.87. The third-order valence-corrected chi connectivity index (χ3v) is 6.21. The molecule has 0 spiro atoms. The van der Waals surface area contributed by atoms with Crippen molar-refractivity contribution in [3.05, 3.63) is 108 Å². The van der Waals surface area contributed by atoms with E-state index in [4.69, 9.17) is 30.6 Å². The Labute approximate surface area is 234 Å². The molecule has 3 aromatic carbocycles. The smallest absolute Gasteiger partial charge is 0.419 e. The Kier molecular flexibility index (Phi) is 8.55. The molecule has 0 fully saturated rings. The van der Waals surface area contributed by atoms with Crippen molar-refractivity contribution < 1.29 is 50.2 Å². The topological polar surface area (TPSA) is 66.0 Å². The number of carbonyl (C=O) groups is 1. The van der Waals surface area contributed by atoms with E-state index in [2.05, 4.69) is 0 Å². The second-order valence-corrected chi connectivity index (χ2v) is 9.09. The molecular weight excluding hydrogens is 580 g/mol. The minimum Gasteiger partial charge on any atom is -0.481 e. The first-order chi connectivity index (χ1) is 19.3. The number of ether oxygens (including phenoxy) is 3. The maximum atomic E-state index is 13.5. The summed E-state index contributed by atoms with van der Waals surface area (Å²) in [6, 6.07) is 11.8. The highest BCUT2D eigenvalue weighted by Crippen LogP contribution is 2.39. The molecule has 2 atom stereocenters. The molecule has 216 valence electrons. The van der Waals surface area contributed by atoms with Crippen LogP contribution in [0.25, 0.3) is 0 Å². The largest absolute Gasteiger partial charge is 0.481 e. The van der Waals surface area contributed by atoms with Crippen LogP contribution in [-0.4, -0.2) is 24.2 Å². The second kappa shape index (κ2) is 11.8. The van der Waals surface area contributed by atoms with Crippen molar-refractivity contribution in [3.8, 4) is 23.0 Å². The molecule has 41 heavy (non-hydrogen) atoms. The van der Waals surface area contributed by atoms with Crippen molar-refractivity contribution >= 4 is 17.5 Å². The van der Waals surface area contributed by atoms with E-state index in [1.165, 1.54) is 43.5 Å². The number of para-hydroxylation sites is 1. The van der Waals surface area contributed by atoms with Crippen LogP contribution < -0.4 is 19.8 Å². The zero-order valence-electron chi connectivity index (χ0n) is 20.9. The lowest BCUT2D eigenvalue weighted by molar-refractivity contribution is -0.139. The third kappa shape index (κ3) is 7.14. The van der Waals surface area contributed by atoms with Crippen LogP contribution in [0.5, 0.6) is 23.0 Å². The summed E-state index contributed by atoms with van der Waals surface area (Å²) in [4.78, 5) is 18.2. The average molecular weight is 600 g/mol.